The second kappa shape index (κ2) is 12.1. The number of carbonyl (C=O) groups excluding carboxylic acids is 2. The van der Waals surface area contributed by atoms with Crippen LogP contribution in [0.3, 0.4) is 0 Å². The third-order valence-electron chi connectivity index (χ3n) is 5.28. The van der Waals surface area contributed by atoms with Gasteiger partial charge in [0.2, 0.25) is 21.8 Å². The van der Waals surface area contributed by atoms with Crippen molar-refractivity contribution in [3.8, 4) is 0 Å². The normalized spacial score (nSPS) is 12.5. The van der Waals surface area contributed by atoms with Gasteiger partial charge in [0.25, 0.3) is 5.69 Å². The maximum Gasteiger partial charge on any atom is 0.271 e. The van der Waals surface area contributed by atoms with Gasteiger partial charge in [0.15, 0.2) is 0 Å². The van der Waals surface area contributed by atoms with Crippen LogP contribution in [0.25, 0.3) is 0 Å². The Morgan fingerprint density at radius 2 is 1.68 bits per heavy atom. The van der Waals surface area contributed by atoms with E-state index in [0.717, 1.165) is 16.6 Å². The molecule has 0 bridgehead atoms. The van der Waals surface area contributed by atoms with Gasteiger partial charge < -0.3 is 10.2 Å². The highest BCUT2D eigenvalue weighted by Crippen LogP contribution is 2.28. The Balaban J connectivity index is 2.56. The molecule has 0 aromatic heterocycles. The Kier molecular flexibility index (Phi) is 9.92. The molecular formula is C24H30Cl2N4O6S. The number of hydrogen-bond acceptors (Lipinski definition) is 6. The summed E-state index contributed by atoms with van der Waals surface area (Å²) in [6.07, 6.45) is 1.10. The van der Waals surface area contributed by atoms with E-state index in [1.807, 2.05) is 0 Å². The van der Waals surface area contributed by atoms with Crippen molar-refractivity contribution in [2.75, 3.05) is 17.1 Å². The fourth-order valence-electron chi connectivity index (χ4n) is 3.60. The molecule has 0 fully saturated rings. The van der Waals surface area contributed by atoms with Gasteiger partial charge >= 0.3 is 0 Å². The van der Waals surface area contributed by atoms with Gasteiger partial charge in [-0.15, -0.1) is 0 Å². The van der Waals surface area contributed by atoms with Crippen LogP contribution in [0.15, 0.2) is 42.5 Å². The lowest BCUT2D eigenvalue weighted by Gasteiger charge is -2.34. The number of amides is 2. The molecule has 13 heteroatoms. The molecular weight excluding hydrogens is 543 g/mol. The monoisotopic (exact) mass is 572 g/mol. The van der Waals surface area contributed by atoms with Gasteiger partial charge in [0, 0.05) is 39.8 Å². The van der Waals surface area contributed by atoms with E-state index in [0.29, 0.717) is 5.56 Å². The lowest BCUT2D eigenvalue weighted by molar-refractivity contribution is -0.384. The highest BCUT2D eigenvalue weighted by molar-refractivity contribution is 7.92. The first kappa shape index (κ1) is 30.3. The van der Waals surface area contributed by atoms with Crippen LogP contribution < -0.4 is 9.62 Å². The molecule has 0 heterocycles. The van der Waals surface area contributed by atoms with E-state index in [1.165, 1.54) is 23.1 Å². The van der Waals surface area contributed by atoms with Crippen LogP contribution in [0, 0.1) is 10.1 Å². The van der Waals surface area contributed by atoms with Gasteiger partial charge in [0.1, 0.15) is 12.6 Å². The number of nitrogens with one attached hydrogen (secondary N) is 1. The summed E-state index contributed by atoms with van der Waals surface area (Å²) >= 11 is 12.7. The minimum Gasteiger partial charge on any atom is -0.350 e. The smallest absolute Gasteiger partial charge is 0.271 e. The van der Waals surface area contributed by atoms with Crippen molar-refractivity contribution in [3.05, 3.63) is 68.2 Å². The number of hydrogen-bond donors (Lipinski definition) is 1. The minimum absolute atomic E-state index is 0.0621. The van der Waals surface area contributed by atoms with E-state index < -0.39 is 44.9 Å². The van der Waals surface area contributed by atoms with E-state index >= 15 is 0 Å². The van der Waals surface area contributed by atoms with Gasteiger partial charge in [-0.05, 0) is 45.4 Å². The van der Waals surface area contributed by atoms with E-state index in [1.54, 1.807) is 45.9 Å². The van der Waals surface area contributed by atoms with Crippen LogP contribution in [0.2, 0.25) is 10.0 Å². The number of nitro benzene ring substituents is 1. The largest absolute Gasteiger partial charge is 0.350 e. The highest BCUT2D eigenvalue weighted by Gasteiger charge is 2.34. The average molecular weight is 573 g/mol. The predicted octanol–water partition coefficient (Wildman–Crippen LogP) is 4.39. The molecule has 0 saturated heterocycles. The van der Waals surface area contributed by atoms with Crippen LogP contribution >= 0.6 is 23.2 Å². The summed E-state index contributed by atoms with van der Waals surface area (Å²) in [6, 6.07) is 8.78. The lowest BCUT2D eigenvalue weighted by atomic mass is 10.1. The number of carbonyl (C=O) groups is 2. The van der Waals surface area contributed by atoms with Crippen LogP contribution in [0.4, 0.5) is 11.4 Å². The van der Waals surface area contributed by atoms with Crippen molar-refractivity contribution in [3.63, 3.8) is 0 Å². The number of benzene rings is 2. The molecule has 0 spiro atoms. The molecule has 0 aliphatic rings. The van der Waals surface area contributed by atoms with Gasteiger partial charge in [-0.2, -0.15) is 0 Å². The zero-order chi connectivity index (χ0) is 28.1. The number of halogens is 2. The third-order valence-corrected chi connectivity index (χ3v) is 7.13. The van der Waals surface area contributed by atoms with Crippen molar-refractivity contribution >= 4 is 56.4 Å². The van der Waals surface area contributed by atoms with E-state index in [9.17, 15) is 28.1 Å². The zero-order valence-corrected chi connectivity index (χ0v) is 23.5. The number of nitrogens with zero attached hydrogens (tertiary/aromatic N) is 3. The number of anilines is 1. The highest BCUT2D eigenvalue weighted by atomic mass is 35.5. The summed E-state index contributed by atoms with van der Waals surface area (Å²) in [7, 11) is -4.05. The molecule has 0 aliphatic carbocycles. The Bertz CT molecular complexity index is 1260. The maximum atomic E-state index is 13.7. The van der Waals surface area contributed by atoms with Gasteiger partial charge in [0.05, 0.1) is 16.9 Å². The van der Waals surface area contributed by atoms with Crippen LogP contribution in [0.5, 0.6) is 0 Å². The van der Waals surface area contributed by atoms with Crippen molar-refractivity contribution in [2.24, 2.45) is 0 Å². The Hall–Kier alpha value is -2.89. The minimum atomic E-state index is -4.05. The Morgan fingerprint density at radius 3 is 2.16 bits per heavy atom. The van der Waals surface area contributed by atoms with Crippen LogP contribution in [0.1, 0.15) is 39.7 Å². The SMILES string of the molecule is CC[C@H](C(=O)NC(C)(C)C)N(Cc1c(Cl)cccc1Cl)C(=O)CN(c1cccc([N+](=O)[O-])c1)S(C)(=O)=O. The summed E-state index contributed by atoms with van der Waals surface area (Å²) < 4.78 is 26.1. The molecule has 1 atom stereocenters. The van der Waals surface area contributed by atoms with Crippen molar-refractivity contribution in [1.82, 2.24) is 10.2 Å². The van der Waals surface area contributed by atoms with E-state index in [2.05, 4.69) is 5.32 Å². The first-order chi connectivity index (χ1) is 17.0. The van der Waals surface area contributed by atoms with Gasteiger partial charge in [-0.3, -0.25) is 24.0 Å². The lowest BCUT2D eigenvalue weighted by Crippen LogP contribution is -2.55. The third kappa shape index (κ3) is 8.31. The quantitative estimate of drug-likeness (QED) is 0.332. The molecule has 37 heavy (non-hydrogen) atoms. The summed E-state index contributed by atoms with van der Waals surface area (Å²) in [5.74, 6) is -1.16. The predicted molar refractivity (Wildman–Crippen MR) is 144 cm³/mol. The molecule has 0 unspecified atom stereocenters. The Labute approximate surface area is 226 Å². The standard InChI is InChI=1S/C24H30Cl2N4O6S/c1-6-21(23(32)27-24(2,3)4)28(14-18-19(25)11-8-12-20(18)26)22(31)15-29(37(5,35)36)16-9-7-10-17(13-16)30(33)34/h7-13,21H,6,14-15H2,1-5H3,(H,27,32)/t21-/m1/s1. The van der Waals surface area contributed by atoms with Gasteiger partial charge in [-0.1, -0.05) is 42.3 Å². The fourth-order valence-corrected chi connectivity index (χ4v) is 4.96. The molecule has 10 nitrogen and oxygen atoms in total. The number of sulfonamides is 1. The summed E-state index contributed by atoms with van der Waals surface area (Å²) in [5.41, 5.74) is -0.604. The summed E-state index contributed by atoms with van der Waals surface area (Å²) in [5, 5.41) is 14.6. The average Bonchev–Trinajstić information content (AvgIpc) is 2.77. The number of non-ortho nitro benzene ring substituents is 1. The number of rotatable bonds is 10. The van der Waals surface area contributed by atoms with Crippen molar-refractivity contribution in [1.29, 1.82) is 0 Å². The molecule has 202 valence electrons. The summed E-state index contributed by atoms with van der Waals surface area (Å²) in [6.45, 7) is 6.23. The molecule has 0 aliphatic heterocycles. The molecule has 0 saturated carbocycles. The van der Waals surface area contributed by atoms with Crippen LogP contribution in [-0.2, 0) is 26.2 Å². The fraction of sp³-hybridized carbons (Fsp3) is 0.417. The molecule has 2 aromatic rings. The van der Waals surface area contributed by atoms with Crippen molar-refractivity contribution < 1.29 is 22.9 Å². The van der Waals surface area contributed by atoms with E-state index in [-0.39, 0.29) is 34.4 Å². The second-order valence-electron chi connectivity index (χ2n) is 9.43. The maximum absolute atomic E-state index is 13.7. The topological polar surface area (TPSA) is 130 Å². The molecule has 2 aromatic carbocycles. The summed E-state index contributed by atoms with van der Waals surface area (Å²) in [4.78, 5) is 38.7. The molecule has 1 N–H and O–H groups in total. The zero-order valence-electron chi connectivity index (χ0n) is 21.2. The molecule has 0 radical (unpaired) electrons. The number of nitro groups is 1. The van der Waals surface area contributed by atoms with Crippen molar-refractivity contribution in [2.45, 2.75) is 52.2 Å². The molecule has 2 rings (SSSR count). The first-order valence-electron chi connectivity index (χ1n) is 11.3. The van der Waals surface area contributed by atoms with E-state index in [4.69, 9.17) is 23.2 Å². The Morgan fingerprint density at radius 1 is 1.11 bits per heavy atom. The van der Waals surface area contributed by atoms with Gasteiger partial charge in [-0.25, -0.2) is 8.42 Å². The molecule has 2 amide bonds. The second-order valence-corrected chi connectivity index (χ2v) is 12.2. The van der Waals surface area contributed by atoms with Crippen LogP contribution in [-0.4, -0.2) is 54.4 Å². The first-order valence-corrected chi connectivity index (χ1v) is 13.9.